The number of carbonyl (C=O) groups excluding carboxylic acids is 1. The fourth-order valence-electron chi connectivity index (χ4n) is 2.43. The van der Waals surface area contributed by atoms with E-state index in [4.69, 9.17) is 9.47 Å². The number of ketones is 1. The van der Waals surface area contributed by atoms with Gasteiger partial charge >= 0.3 is 0 Å². The molecule has 0 N–H and O–H groups in total. The first kappa shape index (κ1) is 16.0. The number of Topliss-reactive ketones (excluding diaryl/α,β-unsaturated/α-hetero) is 1. The summed E-state index contributed by atoms with van der Waals surface area (Å²) in [7, 11) is 0. The number of nitrogens with zero attached hydrogens (tertiary/aromatic N) is 1. The normalized spacial score (nSPS) is 15.9. The van der Waals surface area contributed by atoms with Crippen molar-refractivity contribution in [2.24, 2.45) is 0 Å². The molecule has 0 unspecified atom stereocenters. The number of carbonyl (C=O) groups is 1. The molecule has 1 fully saturated rings. The Morgan fingerprint density at radius 1 is 1.33 bits per heavy atom. The van der Waals surface area contributed by atoms with Gasteiger partial charge in [0.1, 0.15) is 5.75 Å². The minimum atomic E-state index is 0.201. The highest BCUT2D eigenvalue weighted by molar-refractivity contribution is 5.96. The number of rotatable bonds is 7. The van der Waals surface area contributed by atoms with Crippen molar-refractivity contribution in [3.8, 4) is 5.75 Å². The molecule has 0 saturated carbocycles. The van der Waals surface area contributed by atoms with E-state index in [2.05, 4.69) is 11.8 Å². The maximum absolute atomic E-state index is 12.3. The topological polar surface area (TPSA) is 38.8 Å². The van der Waals surface area contributed by atoms with Gasteiger partial charge in [-0.15, -0.1) is 0 Å². The number of hydrogen-bond donors (Lipinski definition) is 0. The van der Waals surface area contributed by atoms with Gasteiger partial charge in [0, 0.05) is 31.6 Å². The Kier molecular flexibility index (Phi) is 6.21. The molecule has 116 valence electrons. The largest absolute Gasteiger partial charge is 0.493 e. The van der Waals surface area contributed by atoms with Crippen LogP contribution in [0.25, 0.3) is 0 Å². The molecule has 0 atom stereocenters. The van der Waals surface area contributed by atoms with Crippen LogP contribution in [0.1, 0.15) is 35.7 Å². The van der Waals surface area contributed by atoms with E-state index in [0.29, 0.717) is 13.0 Å². The third-order valence-corrected chi connectivity index (χ3v) is 3.72. The van der Waals surface area contributed by atoms with Gasteiger partial charge in [0.2, 0.25) is 0 Å². The Balaban J connectivity index is 1.88. The summed E-state index contributed by atoms with van der Waals surface area (Å²) >= 11 is 0. The fraction of sp³-hybridized carbons (Fsp3) is 0.588. The van der Waals surface area contributed by atoms with Gasteiger partial charge in [-0.2, -0.15) is 0 Å². The lowest BCUT2D eigenvalue weighted by atomic mass is 10.0. The molecule has 1 aromatic carbocycles. The highest BCUT2D eigenvalue weighted by Crippen LogP contribution is 2.20. The first-order valence-corrected chi connectivity index (χ1v) is 7.77. The second-order valence-electron chi connectivity index (χ2n) is 5.46. The first-order chi connectivity index (χ1) is 10.2. The van der Waals surface area contributed by atoms with Gasteiger partial charge in [0.15, 0.2) is 5.78 Å². The Morgan fingerprint density at radius 3 is 2.76 bits per heavy atom. The molecule has 4 heteroatoms. The molecule has 21 heavy (non-hydrogen) atoms. The van der Waals surface area contributed by atoms with Crippen LogP contribution < -0.4 is 4.74 Å². The molecule has 0 amide bonds. The standard InChI is InChI=1S/C17H25NO3/c1-3-10-21-17-5-4-15(13-14(17)2)16(19)6-7-18-8-11-20-12-9-18/h4-5,13H,3,6-12H2,1-2H3. The predicted octanol–water partition coefficient (Wildman–Crippen LogP) is 2.69. The SMILES string of the molecule is CCCOc1ccc(C(=O)CCN2CCOCC2)cc1C. The number of aryl methyl sites for hydroxylation is 1. The first-order valence-electron chi connectivity index (χ1n) is 7.77. The number of benzene rings is 1. The second kappa shape index (κ2) is 8.15. The van der Waals surface area contributed by atoms with Gasteiger partial charge < -0.3 is 9.47 Å². The van der Waals surface area contributed by atoms with Crippen molar-refractivity contribution in [3.05, 3.63) is 29.3 Å². The van der Waals surface area contributed by atoms with Crippen LogP contribution in [-0.4, -0.2) is 50.1 Å². The van der Waals surface area contributed by atoms with Gasteiger partial charge in [-0.05, 0) is 37.1 Å². The molecule has 1 saturated heterocycles. The van der Waals surface area contributed by atoms with E-state index in [1.807, 2.05) is 25.1 Å². The second-order valence-corrected chi connectivity index (χ2v) is 5.46. The monoisotopic (exact) mass is 291 g/mol. The van der Waals surface area contributed by atoms with Gasteiger partial charge in [-0.3, -0.25) is 9.69 Å². The van der Waals surface area contributed by atoms with Crippen LogP contribution in [0.3, 0.4) is 0 Å². The zero-order valence-electron chi connectivity index (χ0n) is 13.1. The molecule has 0 bridgehead atoms. The fourth-order valence-corrected chi connectivity index (χ4v) is 2.43. The van der Waals surface area contributed by atoms with Crippen molar-refractivity contribution < 1.29 is 14.3 Å². The van der Waals surface area contributed by atoms with E-state index < -0.39 is 0 Å². The van der Waals surface area contributed by atoms with Crippen molar-refractivity contribution in [1.82, 2.24) is 4.90 Å². The van der Waals surface area contributed by atoms with E-state index in [1.165, 1.54) is 0 Å². The summed E-state index contributed by atoms with van der Waals surface area (Å²) in [6.07, 6.45) is 1.55. The summed E-state index contributed by atoms with van der Waals surface area (Å²) in [6.45, 7) is 9.00. The smallest absolute Gasteiger partial charge is 0.164 e. The number of ether oxygens (including phenoxy) is 2. The molecule has 1 aliphatic heterocycles. The summed E-state index contributed by atoms with van der Waals surface area (Å²) in [5.74, 6) is 1.08. The van der Waals surface area contributed by atoms with E-state index in [0.717, 1.165) is 56.1 Å². The molecule has 0 aromatic heterocycles. The average Bonchev–Trinajstić information content (AvgIpc) is 2.52. The molecule has 2 rings (SSSR count). The van der Waals surface area contributed by atoms with Crippen LogP contribution in [0.5, 0.6) is 5.75 Å². The minimum Gasteiger partial charge on any atom is -0.493 e. The van der Waals surface area contributed by atoms with Crippen molar-refractivity contribution in [1.29, 1.82) is 0 Å². The summed E-state index contributed by atoms with van der Waals surface area (Å²) in [5.41, 5.74) is 1.81. The Bertz CT molecular complexity index is 467. The maximum Gasteiger partial charge on any atom is 0.164 e. The van der Waals surface area contributed by atoms with Crippen molar-refractivity contribution in [3.63, 3.8) is 0 Å². The number of hydrogen-bond acceptors (Lipinski definition) is 4. The lowest BCUT2D eigenvalue weighted by molar-refractivity contribution is 0.0370. The van der Waals surface area contributed by atoms with E-state index >= 15 is 0 Å². The van der Waals surface area contributed by atoms with E-state index in [-0.39, 0.29) is 5.78 Å². The van der Waals surface area contributed by atoms with Gasteiger partial charge in [-0.25, -0.2) is 0 Å². The van der Waals surface area contributed by atoms with Crippen LogP contribution in [0, 0.1) is 6.92 Å². The van der Waals surface area contributed by atoms with E-state index in [1.54, 1.807) is 0 Å². The van der Waals surface area contributed by atoms with Crippen LogP contribution in [-0.2, 0) is 4.74 Å². The van der Waals surface area contributed by atoms with Crippen molar-refractivity contribution >= 4 is 5.78 Å². The summed E-state index contributed by atoms with van der Waals surface area (Å²) in [5, 5.41) is 0. The Labute approximate surface area is 127 Å². The highest BCUT2D eigenvalue weighted by atomic mass is 16.5. The van der Waals surface area contributed by atoms with Crippen molar-refractivity contribution in [2.75, 3.05) is 39.5 Å². The molecule has 0 spiro atoms. The average molecular weight is 291 g/mol. The third-order valence-electron chi connectivity index (χ3n) is 3.72. The predicted molar refractivity (Wildman–Crippen MR) is 83.2 cm³/mol. The molecule has 0 radical (unpaired) electrons. The van der Waals surface area contributed by atoms with Gasteiger partial charge in [0.05, 0.1) is 19.8 Å². The third kappa shape index (κ3) is 4.83. The summed E-state index contributed by atoms with van der Waals surface area (Å²) < 4.78 is 11.0. The Morgan fingerprint density at radius 2 is 2.10 bits per heavy atom. The molecular formula is C17H25NO3. The van der Waals surface area contributed by atoms with Crippen LogP contribution in [0.2, 0.25) is 0 Å². The van der Waals surface area contributed by atoms with Crippen LogP contribution in [0.4, 0.5) is 0 Å². The van der Waals surface area contributed by atoms with Gasteiger partial charge in [0.25, 0.3) is 0 Å². The molecule has 1 heterocycles. The molecule has 1 aromatic rings. The summed E-state index contributed by atoms with van der Waals surface area (Å²) in [6, 6.07) is 5.72. The zero-order chi connectivity index (χ0) is 15.1. The molecule has 4 nitrogen and oxygen atoms in total. The lowest BCUT2D eigenvalue weighted by Crippen LogP contribution is -2.37. The Hall–Kier alpha value is -1.39. The van der Waals surface area contributed by atoms with Gasteiger partial charge in [-0.1, -0.05) is 6.92 Å². The molecule has 1 aliphatic rings. The summed E-state index contributed by atoms with van der Waals surface area (Å²) in [4.78, 5) is 14.6. The van der Waals surface area contributed by atoms with Crippen LogP contribution >= 0.6 is 0 Å². The highest BCUT2D eigenvalue weighted by Gasteiger charge is 2.13. The number of morpholine rings is 1. The molecule has 0 aliphatic carbocycles. The molecular weight excluding hydrogens is 266 g/mol. The van der Waals surface area contributed by atoms with Crippen LogP contribution in [0.15, 0.2) is 18.2 Å². The van der Waals surface area contributed by atoms with Crippen molar-refractivity contribution in [2.45, 2.75) is 26.7 Å². The minimum absolute atomic E-state index is 0.201. The zero-order valence-corrected chi connectivity index (χ0v) is 13.1. The maximum atomic E-state index is 12.3. The van der Waals surface area contributed by atoms with E-state index in [9.17, 15) is 4.79 Å². The quantitative estimate of drug-likeness (QED) is 0.724. The lowest BCUT2D eigenvalue weighted by Gasteiger charge is -2.26.